The molecule has 0 unspecified atom stereocenters. The quantitative estimate of drug-likeness (QED) is 0.705. The van der Waals surface area contributed by atoms with Crippen molar-refractivity contribution in [3.05, 3.63) is 29.8 Å². The van der Waals surface area contributed by atoms with Crippen molar-refractivity contribution >= 4 is 21.9 Å². The molecular weight excluding hydrogens is 394 g/mol. The van der Waals surface area contributed by atoms with Gasteiger partial charge in [-0.25, -0.2) is 13.2 Å². The molecule has 0 atom stereocenters. The average molecular weight is 420 g/mol. The third-order valence-electron chi connectivity index (χ3n) is 5.43. The zero-order valence-corrected chi connectivity index (χ0v) is 17.0. The maximum Gasteiger partial charge on any atom is 0.338 e. The summed E-state index contributed by atoms with van der Waals surface area (Å²) in [4.78, 5) is 24.3. The third kappa shape index (κ3) is 4.95. The first kappa shape index (κ1) is 21.3. The third-order valence-corrected chi connectivity index (χ3v) is 7.34. The van der Waals surface area contributed by atoms with Gasteiger partial charge in [-0.2, -0.15) is 9.57 Å². The fourth-order valence-corrected chi connectivity index (χ4v) is 5.30. The molecule has 1 aliphatic carbocycles. The van der Waals surface area contributed by atoms with Crippen LogP contribution in [0.1, 0.15) is 55.3 Å². The molecule has 0 aromatic heterocycles. The number of nitriles is 1. The molecule has 0 spiro atoms. The second kappa shape index (κ2) is 8.93. The number of esters is 1. The molecule has 2 aliphatic rings. The second-order valence-electron chi connectivity index (χ2n) is 7.51. The van der Waals surface area contributed by atoms with Crippen molar-refractivity contribution in [1.29, 1.82) is 5.26 Å². The van der Waals surface area contributed by atoms with Crippen molar-refractivity contribution in [2.24, 2.45) is 0 Å². The predicted molar refractivity (Wildman–Crippen MR) is 104 cm³/mol. The molecule has 0 radical (unpaired) electrons. The van der Waals surface area contributed by atoms with Crippen molar-refractivity contribution in [2.45, 2.75) is 55.4 Å². The number of carbonyl (C=O) groups excluding carboxylic acids is 2. The molecule has 29 heavy (non-hydrogen) atoms. The van der Waals surface area contributed by atoms with Gasteiger partial charge in [-0.1, -0.05) is 6.42 Å². The lowest BCUT2D eigenvalue weighted by Gasteiger charge is -2.25. The van der Waals surface area contributed by atoms with Crippen molar-refractivity contribution < 1.29 is 22.7 Å². The number of amides is 1. The largest absolute Gasteiger partial charge is 0.452 e. The normalized spacial score (nSPS) is 19.3. The van der Waals surface area contributed by atoms with E-state index in [0.29, 0.717) is 25.9 Å². The van der Waals surface area contributed by atoms with Gasteiger partial charge in [0.05, 0.1) is 16.5 Å². The van der Waals surface area contributed by atoms with E-state index in [1.807, 2.05) is 0 Å². The summed E-state index contributed by atoms with van der Waals surface area (Å²) < 4.78 is 31.7. The van der Waals surface area contributed by atoms with Crippen molar-refractivity contribution in [3.63, 3.8) is 0 Å². The van der Waals surface area contributed by atoms with Crippen LogP contribution < -0.4 is 5.32 Å². The maximum absolute atomic E-state index is 12.6. The van der Waals surface area contributed by atoms with Gasteiger partial charge in [-0.15, -0.1) is 0 Å². The highest BCUT2D eigenvalue weighted by molar-refractivity contribution is 7.89. The highest BCUT2D eigenvalue weighted by Crippen LogP contribution is 2.28. The maximum atomic E-state index is 12.6. The van der Waals surface area contributed by atoms with Crippen molar-refractivity contribution in [2.75, 3.05) is 19.7 Å². The van der Waals surface area contributed by atoms with Crippen LogP contribution in [0.4, 0.5) is 0 Å². The smallest absolute Gasteiger partial charge is 0.338 e. The van der Waals surface area contributed by atoms with Gasteiger partial charge in [-0.05, 0) is 62.8 Å². The van der Waals surface area contributed by atoms with E-state index in [1.54, 1.807) is 0 Å². The minimum atomic E-state index is -3.57. The van der Waals surface area contributed by atoms with Gasteiger partial charge in [0.25, 0.3) is 5.91 Å². The van der Waals surface area contributed by atoms with Gasteiger partial charge in [-0.3, -0.25) is 4.79 Å². The van der Waals surface area contributed by atoms with Crippen LogP contribution in [0.3, 0.4) is 0 Å². The van der Waals surface area contributed by atoms with Crippen LogP contribution in [0.15, 0.2) is 29.2 Å². The number of sulfonamides is 1. The van der Waals surface area contributed by atoms with E-state index >= 15 is 0 Å². The Bertz CT molecular complexity index is 893. The molecule has 1 aliphatic heterocycles. The summed E-state index contributed by atoms with van der Waals surface area (Å²) >= 11 is 0. The van der Waals surface area contributed by atoms with Crippen molar-refractivity contribution in [1.82, 2.24) is 9.62 Å². The lowest BCUT2D eigenvalue weighted by atomic mass is 10.00. The van der Waals surface area contributed by atoms with E-state index in [2.05, 4.69) is 11.4 Å². The van der Waals surface area contributed by atoms with Gasteiger partial charge in [0.2, 0.25) is 10.0 Å². The second-order valence-corrected chi connectivity index (χ2v) is 9.45. The lowest BCUT2D eigenvalue weighted by Crippen LogP contribution is -2.46. The zero-order valence-electron chi connectivity index (χ0n) is 16.2. The fourth-order valence-electron chi connectivity index (χ4n) is 3.78. The van der Waals surface area contributed by atoms with Crippen LogP contribution in [-0.4, -0.2) is 49.8 Å². The molecule has 3 rings (SSSR count). The van der Waals surface area contributed by atoms with Gasteiger partial charge in [0.1, 0.15) is 5.54 Å². The van der Waals surface area contributed by atoms with E-state index in [-0.39, 0.29) is 10.5 Å². The van der Waals surface area contributed by atoms with E-state index in [9.17, 15) is 23.3 Å². The molecule has 9 heteroatoms. The first-order valence-corrected chi connectivity index (χ1v) is 11.3. The minimum absolute atomic E-state index is 0.130. The number of nitrogens with one attached hydrogen (secondary N) is 1. The number of hydrogen-bond donors (Lipinski definition) is 1. The molecule has 1 N–H and O–H groups in total. The first-order chi connectivity index (χ1) is 13.9. The summed E-state index contributed by atoms with van der Waals surface area (Å²) in [5.74, 6) is -1.24. The number of piperidine rings is 1. The van der Waals surface area contributed by atoms with Crippen LogP contribution >= 0.6 is 0 Å². The Morgan fingerprint density at radius 1 is 1.07 bits per heavy atom. The fraction of sp³-hybridized carbons (Fsp3) is 0.550. The summed E-state index contributed by atoms with van der Waals surface area (Å²) in [5, 5.41) is 11.9. The Morgan fingerprint density at radius 3 is 2.28 bits per heavy atom. The van der Waals surface area contributed by atoms with Gasteiger partial charge in [0, 0.05) is 13.1 Å². The Labute approximate surface area is 170 Å². The Kier molecular flexibility index (Phi) is 6.55. The highest BCUT2D eigenvalue weighted by Gasteiger charge is 2.35. The Morgan fingerprint density at radius 2 is 1.69 bits per heavy atom. The number of hydrogen-bond acceptors (Lipinski definition) is 6. The Balaban J connectivity index is 1.56. The summed E-state index contributed by atoms with van der Waals surface area (Å²) in [5.41, 5.74) is -0.709. The van der Waals surface area contributed by atoms with Gasteiger partial charge >= 0.3 is 5.97 Å². The molecule has 1 aromatic carbocycles. The molecule has 0 bridgehead atoms. The molecule has 1 amide bonds. The molecular formula is C20H25N3O5S. The number of ether oxygens (including phenoxy) is 1. The molecule has 8 nitrogen and oxygen atoms in total. The van der Waals surface area contributed by atoms with Crippen molar-refractivity contribution in [3.8, 4) is 6.07 Å². The highest BCUT2D eigenvalue weighted by atomic mass is 32.2. The van der Waals surface area contributed by atoms with Gasteiger partial charge < -0.3 is 10.1 Å². The van der Waals surface area contributed by atoms with E-state index < -0.39 is 34.0 Å². The summed E-state index contributed by atoms with van der Waals surface area (Å²) in [6.07, 6.45) is 5.66. The van der Waals surface area contributed by atoms with Crippen LogP contribution in [0.5, 0.6) is 0 Å². The standard InChI is InChI=1S/C20H25N3O5S/c21-15-20(10-2-3-11-20)22-18(24)14-28-19(25)16-6-8-17(9-7-16)29(26,27)23-12-4-1-5-13-23/h6-9H,1-5,10-14H2,(H,22,24). The molecule has 156 valence electrons. The van der Waals surface area contributed by atoms with Gasteiger partial charge in [0.15, 0.2) is 6.61 Å². The van der Waals surface area contributed by atoms with Crippen LogP contribution in [0.2, 0.25) is 0 Å². The van der Waals surface area contributed by atoms with E-state index in [4.69, 9.17) is 4.74 Å². The average Bonchev–Trinajstić information content (AvgIpc) is 3.21. The Hall–Kier alpha value is -2.44. The van der Waals surface area contributed by atoms with Crippen LogP contribution in [0, 0.1) is 11.3 Å². The lowest BCUT2D eigenvalue weighted by molar-refractivity contribution is -0.125. The van der Waals surface area contributed by atoms with Crippen LogP contribution in [-0.2, 0) is 19.6 Å². The molecule has 1 heterocycles. The van der Waals surface area contributed by atoms with E-state index in [1.165, 1.54) is 28.6 Å². The molecule has 1 saturated carbocycles. The predicted octanol–water partition coefficient (Wildman–Crippen LogP) is 1.97. The number of rotatable bonds is 6. The molecule has 2 fully saturated rings. The number of carbonyl (C=O) groups is 2. The van der Waals surface area contributed by atoms with Crippen LogP contribution in [0.25, 0.3) is 0 Å². The summed E-state index contributed by atoms with van der Waals surface area (Å²) in [7, 11) is -3.57. The summed E-state index contributed by atoms with van der Waals surface area (Å²) in [6, 6.07) is 7.66. The van der Waals surface area contributed by atoms with E-state index in [0.717, 1.165) is 32.1 Å². The molecule has 1 aromatic rings. The topological polar surface area (TPSA) is 117 Å². The zero-order chi connectivity index (χ0) is 20.9. The number of benzene rings is 1. The molecule has 1 saturated heterocycles. The monoisotopic (exact) mass is 419 g/mol. The minimum Gasteiger partial charge on any atom is -0.452 e. The SMILES string of the molecule is N#CC1(NC(=O)COC(=O)c2ccc(S(=O)(=O)N3CCCCC3)cc2)CCCC1. The number of nitrogens with zero attached hydrogens (tertiary/aromatic N) is 2. The first-order valence-electron chi connectivity index (χ1n) is 9.86. The summed E-state index contributed by atoms with van der Waals surface area (Å²) in [6.45, 7) is 0.521.